The molecule has 0 aliphatic carbocycles. The third-order valence-corrected chi connectivity index (χ3v) is 6.88. The second-order valence-corrected chi connectivity index (χ2v) is 10.1. The number of hydrazone groups is 1. The number of hydrogen-bond acceptors (Lipinski definition) is 8. The molecule has 3 N–H and O–H groups in total. The first kappa shape index (κ1) is 26.5. The number of aromatic nitrogens is 3. The van der Waals surface area contributed by atoms with E-state index in [9.17, 15) is 9.90 Å². The number of carbonyl (C=O) groups excluding carboxylic acids is 1. The fourth-order valence-electron chi connectivity index (χ4n) is 3.46. The molecule has 0 unspecified atom stereocenters. The third-order valence-electron chi connectivity index (χ3n) is 5.28. The van der Waals surface area contributed by atoms with Crippen molar-refractivity contribution in [3.63, 3.8) is 0 Å². The van der Waals surface area contributed by atoms with Gasteiger partial charge in [-0.15, -0.1) is 10.2 Å². The lowest BCUT2D eigenvalue weighted by Crippen LogP contribution is -2.20. The lowest BCUT2D eigenvalue weighted by molar-refractivity contribution is -0.118. The highest BCUT2D eigenvalue weighted by atomic mass is 127. The third kappa shape index (κ3) is 7.01. The summed E-state index contributed by atoms with van der Waals surface area (Å²) in [6.45, 7) is 2.53. The van der Waals surface area contributed by atoms with Gasteiger partial charge in [-0.25, -0.2) is 5.43 Å². The van der Waals surface area contributed by atoms with E-state index in [4.69, 9.17) is 4.74 Å². The number of nitrogens with one attached hydrogen (secondary N) is 2. The first-order valence-electron chi connectivity index (χ1n) is 11.3. The zero-order chi connectivity index (χ0) is 26.2. The predicted octanol–water partition coefficient (Wildman–Crippen LogP) is 4.75. The number of thioether (sulfide) groups is 1. The standard InChI is InChI=1S/C26H25IN6O3S/c1-17-12-19(27)9-10-21(17)28-15-24-30-32-26(33(24)20-6-4-3-5-7-20)37-16-25(35)31-29-14-18-8-11-22(34)23(13-18)36-2/h3-14,28,34H,15-16H2,1-2H3,(H,31,35)/b29-14-. The van der Waals surface area contributed by atoms with Crippen molar-refractivity contribution in [2.75, 3.05) is 18.2 Å². The fraction of sp³-hybridized carbons (Fsp3) is 0.154. The van der Waals surface area contributed by atoms with Crippen molar-refractivity contribution in [3.05, 3.63) is 87.3 Å². The van der Waals surface area contributed by atoms with Gasteiger partial charge in [0.15, 0.2) is 22.5 Å². The number of rotatable bonds is 10. The minimum absolute atomic E-state index is 0.0332. The largest absolute Gasteiger partial charge is 0.504 e. The smallest absolute Gasteiger partial charge is 0.250 e. The highest BCUT2D eigenvalue weighted by molar-refractivity contribution is 14.1. The fourth-order valence-corrected chi connectivity index (χ4v) is 4.87. The topological polar surface area (TPSA) is 114 Å². The number of ether oxygens (including phenoxy) is 1. The number of phenols is 1. The van der Waals surface area contributed by atoms with E-state index in [0.29, 0.717) is 23.0 Å². The molecule has 4 aromatic rings. The number of anilines is 1. The number of phenolic OH excluding ortho intramolecular Hbond substituents is 1. The van der Waals surface area contributed by atoms with Gasteiger partial charge in [0, 0.05) is 14.9 Å². The second-order valence-electron chi connectivity index (χ2n) is 7.90. The number of methoxy groups -OCH3 is 1. The average Bonchev–Trinajstić information content (AvgIpc) is 3.31. The summed E-state index contributed by atoms with van der Waals surface area (Å²) < 4.78 is 8.20. The summed E-state index contributed by atoms with van der Waals surface area (Å²) >= 11 is 3.57. The van der Waals surface area contributed by atoms with Crippen molar-refractivity contribution < 1.29 is 14.6 Å². The molecule has 0 saturated carbocycles. The Balaban J connectivity index is 1.43. The summed E-state index contributed by atoms with van der Waals surface area (Å²) in [6, 6.07) is 20.8. The van der Waals surface area contributed by atoms with Gasteiger partial charge in [-0.05, 0) is 89.2 Å². The molecule has 0 aliphatic rings. The molecule has 9 nitrogen and oxygen atoms in total. The van der Waals surface area contributed by atoms with Crippen LogP contribution in [0.3, 0.4) is 0 Å². The number of hydrogen-bond donors (Lipinski definition) is 3. The lowest BCUT2D eigenvalue weighted by atomic mass is 10.2. The van der Waals surface area contributed by atoms with Crippen LogP contribution in [-0.4, -0.2) is 44.9 Å². The van der Waals surface area contributed by atoms with Crippen LogP contribution in [0.15, 0.2) is 77.0 Å². The quantitative estimate of drug-likeness (QED) is 0.101. The number of carbonyl (C=O) groups is 1. The van der Waals surface area contributed by atoms with E-state index >= 15 is 0 Å². The van der Waals surface area contributed by atoms with E-state index in [1.54, 1.807) is 12.1 Å². The Hall–Kier alpha value is -3.58. The van der Waals surface area contributed by atoms with Crippen LogP contribution in [0.1, 0.15) is 17.0 Å². The number of halogens is 1. The maximum Gasteiger partial charge on any atom is 0.250 e. The molecule has 0 radical (unpaired) electrons. The molecule has 1 heterocycles. The van der Waals surface area contributed by atoms with Crippen molar-refractivity contribution in [3.8, 4) is 17.2 Å². The van der Waals surface area contributed by atoms with Crippen LogP contribution < -0.4 is 15.5 Å². The average molecular weight is 628 g/mol. The molecule has 3 aromatic carbocycles. The molecule has 0 saturated heterocycles. The number of aryl methyl sites for hydroxylation is 1. The second kappa shape index (κ2) is 12.6. The number of benzene rings is 3. The van der Waals surface area contributed by atoms with Crippen LogP contribution in [-0.2, 0) is 11.3 Å². The molecule has 11 heteroatoms. The number of nitrogens with zero attached hydrogens (tertiary/aromatic N) is 4. The molecular weight excluding hydrogens is 603 g/mol. The number of amides is 1. The minimum Gasteiger partial charge on any atom is -0.504 e. The number of aromatic hydroxyl groups is 1. The molecule has 0 atom stereocenters. The summed E-state index contributed by atoms with van der Waals surface area (Å²) in [5, 5.41) is 26.5. The van der Waals surface area contributed by atoms with Crippen molar-refractivity contribution in [1.29, 1.82) is 0 Å². The van der Waals surface area contributed by atoms with Crippen LogP contribution in [0.5, 0.6) is 11.5 Å². The van der Waals surface area contributed by atoms with Gasteiger partial charge in [0.05, 0.1) is 25.6 Å². The molecule has 0 spiro atoms. The van der Waals surface area contributed by atoms with E-state index in [1.807, 2.05) is 34.9 Å². The van der Waals surface area contributed by atoms with E-state index in [1.165, 1.54) is 34.7 Å². The van der Waals surface area contributed by atoms with Gasteiger partial charge in [0.1, 0.15) is 0 Å². The molecule has 0 aliphatic heterocycles. The Morgan fingerprint density at radius 2 is 1.97 bits per heavy atom. The highest BCUT2D eigenvalue weighted by Crippen LogP contribution is 2.26. The zero-order valence-electron chi connectivity index (χ0n) is 20.2. The van der Waals surface area contributed by atoms with Crippen LogP contribution in [0, 0.1) is 10.5 Å². The zero-order valence-corrected chi connectivity index (χ0v) is 23.2. The maximum atomic E-state index is 12.4. The van der Waals surface area contributed by atoms with E-state index in [0.717, 1.165) is 22.8 Å². The monoisotopic (exact) mass is 628 g/mol. The molecule has 37 heavy (non-hydrogen) atoms. The molecule has 0 fully saturated rings. The van der Waals surface area contributed by atoms with Gasteiger partial charge in [-0.2, -0.15) is 5.10 Å². The molecule has 1 amide bonds. The van der Waals surface area contributed by atoms with Gasteiger partial charge in [0.25, 0.3) is 5.91 Å². The van der Waals surface area contributed by atoms with Crippen LogP contribution in [0.4, 0.5) is 5.69 Å². The van der Waals surface area contributed by atoms with Crippen molar-refractivity contribution in [2.45, 2.75) is 18.6 Å². The summed E-state index contributed by atoms with van der Waals surface area (Å²) in [4.78, 5) is 12.4. The van der Waals surface area contributed by atoms with Crippen LogP contribution in [0.2, 0.25) is 0 Å². The summed E-state index contributed by atoms with van der Waals surface area (Å²) in [6.07, 6.45) is 1.48. The normalized spacial score (nSPS) is 11.0. The van der Waals surface area contributed by atoms with Gasteiger partial charge >= 0.3 is 0 Å². The Kier molecular flexibility index (Phi) is 9.01. The lowest BCUT2D eigenvalue weighted by Gasteiger charge is -2.12. The number of para-hydroxylation sites is 1. The minimum atomic E-state index is -0.288. The maximum absolute atomic E-state index is 12.4. The van der Waals surface area contributed by atoms with Crippen molar-refractivity contribution >= 4 is 52.2 Å². The highest BCUT2D eigenvalue weighted by Gasteiger charge is 2.16. The van der Waals surface area contributed by atoms with Gasteiger partial charge in [-0.3, -0.25) is 9.36 Å². The molecule has 1 aromatic heterocycles. The van der Waals surface area contributed by atoms with Crippen molar-refractivity contribution in [2.24, 2.45) is 5.10 Å². The summed E-state index contributed by atoms with van der Waals surface area (Å²) in [7, 11) is 1.47. The van der Waals surface area contributed by atoms with Gasteiger partial charge in [0.2, 0.25) is 0 Å². The predicted molar refractivity (Wildman–Crippen MR) is 154 cm³/mol. The molecule has 4 rings (SSSR count). The van der Waals surface area contributed by atoms with E-state index in [2.05, 4.69) is 73.8 Å². The Morgan fingerprint density at radius 3 is 2.73 bits per heavy atom. The first-order valence-corrected chi connectivity index (χ1v) is 13.3. The first-order chi connectivity index (χ1) is 17.9. The van der Waals surface area contributed by atoms with Gasteiger partial charge in [-0.1, -0.05) is 30.0 Å². The molecule has 190 valence electrons. The molecular formula is C26H25IN6O3S. The summed E-state index contributed by atoms with van der Waals surface area (Å²) in [5.41, 5.74) is 6.27. The summed E-state index contributed by atoms with van der Waals surface area (Å²) in [5.74, 6) is 0.903. The molecule has 0 bridgehead atoms. The SMILES string of the molecule is COc1cc(/C=N\NC(=O)CSc2nnc(CNc3ccc(I)cc3C)n2-c2ccccc2)ccc1O. The van der Waals surface area contributed by atoms with Crippen LogP contribution in [0.25, 0.3) is 5.69 Å². The van der Waals surface area contributed by atoms with E-state index < -0.39 is 0 Å². The van der Waals surface area contributed by atoms with Crippen molar-refractivity contribution in [1.82, 2.24) is 20.2 Å². The Bertz CT molecular complexity index is 1410. The van der Waals surface area contributed by atoms with Crippen LogP contribution >= 0.6 is 34.4 Å². The van der Waals surface area contributed by atoms with E-state index in [-0.39, 0.29) is 17.4 Å². The Morgan fingerprint density at radius 1 is 1.16 bits per heavy atom. The Labute approximate surface area is 232 Å². The van der Waals surface area contributed by atoms with Gasteiger partial charge < -0.3 is 15.2 Å².